The van der Waals surface area contributed by atoms with E-state index in [0.717, 1.165) is 0 Å². The number of ether oxygens (including phenoxy) is 2. The second kappa shape index (κ2) is 7.21. The number of rotatable bonds is 6. The fourth-order valence-corrected chi connectivity index (χ4v) is 4.45. The van der Waals surface area contributed by atoms with Crippen molar-refractivity contribution in [3.8, 4) is 11.5 Å². The highest BCUT2D eigenvalue weighted by Crippen LogP contribution is 2.36. The van der Waals surface area contributed by atoms with Crippen molar-refractivity contribution >= 4 is 44.8 Å². The second-order valence-corrected chi connectivity index (χ2v) is 7.95. The molecule has 1 aliphatic heterocycles. The summed E-state index contributed by atoms with van der Waals surface area (Å²) in [7, 11) is -1.48. The molecule has 11 heteroatoms. The van der Waals surface area contributed by atoms with Crippen LogP contribution in [0.3, 0.4) is 0 Å². The number of nitrogens with one attached hydrogen (secondary N) is 2. The summed E-state index contributed by atoms with van der Waals surface area (Å²) in [5.74, 6) is -0.725. The molecule has 2 aromatic carbocycles. The average Bonchev–Trinajstić information content (AvgIpc) is 2.98. The first kappa shape index (κ1) is 19.8. The quantitative estimate of drug-likeness (QED) is 0.644. The molecular weight excluding hydrogens is 410 g/mol. The molecule has 0 radical (unpaired) electrons. The maximum atomic E-state index is 12.9. The van der Waals surface area contributed by atoms with E-state index >= 15 is 0 Å². The largest absolute Gasteiger partial charge is 0.493 e. The smallest absolute Gasteiger partial charge is 0.263 e. The van der Waals surface area contributed by atoms with Crippen molar-refractivity contribution in [1.82, 2.24) is 0 Å². The van der Waals surface area contributed by atoms with Crippen LogP contribution in [-0.2, 0) is 21.2 Å². The maximum Gasteiger partial charge on any atom is 0.263 e. The van der Waals surface area contributed by atoms with E-state index in [-0.39, 0.29) is 45.0 Å². The van der Waals surface area contributed by atoms with E-state index < -0.39 is 15.9 Å². The van der Waals surface area contributed by atoms with Gasteiger partial charge in [-0.25, -0.2) is 8.42 Å². The van der Waals surface area contributed by atoms with Crippen LogP contribution in [0.2, 0.25) is 5.02 Å². The number of nitrogens with two attached hydrogens (primary N) is 1. The molecule has 0 aliphatic carbocycles. The van der Waals surface area contributed by atoms with Gasteiger partial charge in [0.15, 0.2) is 11.5 Å². The van der Waals surface area contributed by atoms with Gasteiger partial charge in [0.05, 0.1) is 36.9 Å². The molecule has 0 saturated carbocycles. The van der Waals surface area contributed by atoms with Gasteiger partial charge in [0, 0.05) is 11.8 Å². The van der Waals surface area contributed by atoms with E-state index in [1.165, 1.54) is 38.5 Å². The highest BCUT2D eigenvalue weighted by atomic mass is 35.5. The van der Waals surface area contributed by atoms with Crippen LogP contribution in [0.5, 0.6) is 11.5 Å². The number of fused-ring (bicyclic) bond motifs is 1. The molecule has 4 N–H and O–H groups in total. The van der Waals surface area contributed by atoms with E-state index in [0.29, 0.717) is 11.3 Å². The Balaban J connectivity index is 2.07. The van der Waals surface area contributed by atoms with Gasteiger partial charge in [0.1, 0.15) is 4.90 Å². The third kappa shape index (κ3) is 3.56. The van der Waals surface area contributed by atoms with Crippen molar-refractivity contribution in [1.29, 1.82) is 0 Å². The zero-order valence-corrected chi connectivity index (χ0v) is 16.4. The molecule has 0 atom stereocenters. The summed E-state index contributed by atoms with van der Waals surface area (Å²) >= 11 is 6.11. The first-order valence-corrected chi connectivity index (χ1v) is 9.73. The summed E-state index contributed by atoms with van der Waals surface area (Å²) in [6.45, 7) is 0. The lowest BCUT2D eigenvalue weighted by atomic mass is 10.1. The molecule has 28 heavy (non-hydrogen) atoms. The molecule has 1 aliphatic rings. The molecule has 0 spiro atoms. The molecule has 0 fully saturated rings. The number of benzene rings is 2. The van der Waals surface area contributed by atoms with Crippen LogP contribution in [0.25, 0.3) is 0 Å². The summed E-state index contributed by atoms with van der Waals surface area (Å²) in [4.78, 5) is 23.1. The Morgan fingerprint density at radius 2 is 1.82 bits per heavy atom. The topological polar surface area (TPSA) is 137 Å². The monoisotopic (exact) mass is 425 g/mol. The number of hydrogen-bond donors (Lipinski definition) is 3. The van der Waals surface area contributed by atoms with E-state index in [1.807, 2.05) is 0 Å². The molecule has 2 amide bonds. The maximum absolute atomic E-state index is 12.9. The Morgan fingerprint density at radius 1 is 1.18 bits per heavy atom. The molecular formula is C17H16ClN3O6S. The fraction of sp³-hybridized carbons (Fsp3) is 0.176. The summed E-state index contributed by atoms with van der Waals surface area (Å²) in [6, 6.07) is 5.22. The van der Waals surface area contributed by atoms with Crippen LogP contribution in [0.4, 0.5) is 11.4 Å². The van der Waals surface area contributed by atoms with Gasteiger partial charge in [0.25, 0.3) is 15.9 Å². The molecule has 9 nitrogen and oxygen atoms in total. The van der Waals surface area contributed by atoms with Crippen molar-refractivity contribution in [2.45, 2.75) is 11.3 Å². The number of carbonyl (C=O) groups is 2. The normalized spacial score (nSPS) is 12.9. The number of halogens is 1. The third-order valence-electron chi connectivity index (χ3n) is 4.11. The average molecular weight is 426 g/mol. The van der Waals surface area contributed by atoms with Crippen molar-refractivity contribution in [3.05, 3.63) is 40.4 Å². The number of hydrogen-bond acceptors (Lipinski definition) is 6. The van der Waals surface area contributed by atoms with E-state index in [1.54, 1.807) is 0 Å². The molecule has 148 valence electrons. The van der Waals surface area contributed by atoms with Crippen molar-refractivity contribution in [2.24, 2.45) is 5.73 Å². The summed E-state index contributed by atoms with van der Waals surface area (Å²) in [5.41, 5.74) is 6.10. The van der Waals surface area contributed by atoms with Gasteiger partial charge in [-0.1, -0.05) is 11.6 Å². The highest BCUT2D eigenvalue weighted by molar-refractivity contribution is 7.92. The molecule has 3 rings (SSSR count). The summed E-state index contributed by atoms with van der Waals surface area (Å²) < 4.78 is 38.4. The Bertz CT molecular complexity index is 1100. The predicted molar refractivity (Wildman–Crippen MR) is 103 cm³/mol. The Labute approximate surface area is 165 Å². The number of methoxy groups -OCH3 is 2. The Hall–Kier alpha value is -2.98. The zero-order chi connectivity index (χ0) is 20.6. The second-order valence-electron chi connectivity index (χ2n) is 5.89. The molecule has 2 aromatic rings. The van der Waals surface area contributed by atoms with Gasteiger partial charge < -0.3 is 20.5 Å². The van der Waals surface area contributed by atoms with Gasteiger partial charge in [-0.15, -0.1) is 0 Å². The van der Waals surface area contributed by atoms with Crippen molar-refractivity contribution in [3.63, 3.8) is 0 Å². The van der Waals surface area contributed by atoms with E-state index in [4.69, 9.17) is 26.8 Å². The number of primary amides is 1. The van der Waals surface area contributed by atoms with Gasteiger partial charge in [-0.2, -0.15) is 0 Å². The fourth-order valence-electron chi connectivity index (χ4n) is 2.80. The van der Waals surface area contributed by atoms with E-state index in [2.05, 4.69) is 10.0 Å². The molecule has 0 bridgehead atoms. The van der Waals surface area contributed by atoms with Crippen LogP contribution in [0, 0.1) is 0 Å². The summed E-state index contributed by atoms with van der Waals surface area (Å²) in [6.07, 6.45) is 0.0396. The Morgan fingerprint density at radius 3 is 2.43 bits per heavy atom. The van der Waals surface area contributed by atoms with E-state index in [9.17, 15) is 18.0 Å². The lowest BCUT2D eigenvalue weighted by molar-refractivity contribution is -0.115. The standard InChI is InChI=1S/C17H16ClN3O6S/c1-26-13-5-9(17(19)23)12(7-14(13)27-2)21-28(24,25)15-3-8-4-16(22)20-11(8)6-10(15)18/h3,5-7,21H,4H2,1-2H3,(H2,19,23)(H,20,22). The lowest BCUT2D eigenvalue weighted by Crippen LogP contribution is -2.19. The first-order chi connectivity index (χ1) is 13.2. The SMILES string of the molecule is COc1cc(NS(=O)(=O)c2cc3c(cc2Cl)NC(=O)C3)c(C(N)=O)cc1OC. The van der Waals surface area contributed by atoms with Crippen LogP contribution in [0.15, 0.2) is 29.2 Å². The predicted octanol–water partition coefficient (Wildman–Crippen LogP) is 1.75. The Kier molecular flexibility index (Phi) is 5.09. The molecule has 0 aromatic heterocycles. The zero-order valence-electron chi connectivity index (χ0n) is 14.8. The summed E-state index contributed by atoms with van der Waals surface area (Å²) in [5, 5.41) is 2.50. The van der Waals surface area contributed by atoms with Crippen LogP contribution < -0.4 is 25.2 Å². The molecule has 0 saturated heterocycles. The van der Waals surface area contributed by atoms with Gasteiger partial charge in [0.2, 0.25) is 5.91 Å². The van der Waals surface area contributed by atoms with Gasteiger partial charge in [-0.3, -0.25) is 14.3 Å². The third-order valence-corrected chi connectivity index (χ3v) is 5.94. The minimum Gasteiger partial charge on any atom is -0.493 e. The number of sulfonamides is 1. The number of carbonyl (C=O) groups excluding carboxylic acids is 2. The minimum absolute atomic E-state index is 0.0396. The van der Waals surface area contributed by atoms with Gasteiger partial charge >= 0.3 is 0 Å². The minimum atomic E-state index is -4.21. The number of anilines is 2. The van der Waals surface area contributed by atoms with Gasteiger partial charge in [-0.05, 0) is 23.8 Å². The number of amides is 2. The molecule has 1 heterocycles. The van der Waals surface area contributed by atoms with Crippen LogP contribution in [-0.4, -0.2) is 34.5 Å². The van der Waals surface area contributed by atoms with Crippen LogP contribution in [0.1, 0.15) is 15.9 Å². The highest BCUT2D eigenvalue weighted by Gasteiger charge is 2.27. The lowest BCUT2D eigenvalue weighted by Gasteiger charge is -2.16. The van der Waals surface area contributed by atoms with Crippen LogP contribution >= 0.6 is 11.6 Å². The van der Waals surface area contributed by atoms with Crippen molar-refractivity contribution < 1.29 is 27.5 Å². The van der Waals surface area contributed by atoms with Crippen molar-refractivity contribution in [2.75, 3.05) is 24.3 Å². The first-order valence-electron chi connectivity index (χ1n) is 7.87. The molecule has 0 unspecified atom stereocenters.